The molecule has 0 aliphatic rings. The van der Waals surface area contributed by atoms with Gasteiger partial charge in [0.15, 0.2) is 0 Å². The predicted molar refractivity (Wildman–Crippen MR) is 152 cm³/mol. The highest BCUT2D eigenvalue weighted by molar-refractivity contribution is 7.89. The molecule has 0 bridgehead atoms. The number of ether oxygens (including phenoxy) is 1. The fraction of sp³-hybridized carbons (Fsp3) is 0.0968. The Labute approximate surface area is 228 Å². The molecule has 0 saturated heterocycles. The van der Waals surface area contributed by atoms with Gasteiger partial charge >= 0.3 is 0 Å². The molecule has 4 aromatic carbocycles. The summed E-state index contributed by atoms with van der Waals surface area (Å²) >= 11 is 0. The van der Waals surface area contributed by atoms with Gasteiger partial charge in [-0.05, 0) is 28.8 Å². The molecular weight excluding hydrogens is 508 g/mol. The summed E-state index contributed by atoms with van der Waals surface area (Å²) in [4.78, 5) is 0.0422. The van der Waals surface area contributed by atoms with E-state index < -0.39 is 16.1 Å². The van der Waals surface area contributed by atoms with Gasteiger partial charge in [0.2, 0.25) is 10.0 Å². The maximum Gasteiger partial charge on any atom is 0.238 e. The SMILES string of the molecule is NS(=O)(=O)c1ccc(-c2cnnn2[C@@H](c2ccccc2)[C@H](OC/C=C/c2ccccc2)c2ccccc2)cc1. The van der Waals surface area contributed by atoms with Crippen LogP contribution in [0.3, 0.4) is 0 Å². The van der Waals surface area contributed by atoms with Crippen LogP contribution in [0.25, 0.3) is 17.3 Å². The number of hydrogen-bond acceptors (Lipinski definition) is 5. The Bertz CT molecular complexity index is 1620. The molecule has 0 spiro atoms. The standard InChI is InChI=1S/C31H28N4O3S/c32-39(36,37)28-20-18-25(19-21-28)29-23-33-34-35(29)30(26-14-6-2-7-15-26)31(27-16-8-3-9-17-27)38-22-10-13-24-11-4-1-5-12-24/h1-21,23,30-31H,22H2,(H2,32,36,37)/b13-10+/t30-,31+/m0/s1. The van der Waals surface area contributed by atoms with Crippen molar-refractivity contribution in [3.05, 3.63) is 144 Å². The van der Waals surface area contributed by atoms with Crippen LogP contribution in [0.2, 0.25) is 0 Å². The van der Waals surface area contributed by atoms with Crippen molar-refractivity contribution < 1.29 is 13.2 Å². The molecular formula is C31H28N4O3S. The highest BCUT2D eigenvalue weighted by atomic mass is 32.2. The molecule has 1 aromatic heterocycles. The summed E-state index contributed by atoms with van der Waals surface area (Å²) in [6.07, 6.45) is 5.30. The summed E-state index contributed by atoms with van der Waals surface area (Å²) in [5.74, 6) is 0. The molecule has 0 amide bonds. The van der Waals surface area contributed by atoms with Gasteiger partial charge in [-0.2, -0.15) is 0 Å². The second-order valence-electron chi connectivity index (χ2n) is 8.97. The Morgan fingerprint density at radius 1 is 0.795 bits per heavy atom. The van der Waals surface area contributed by atoms with Crippen molar-refractivity contribution in [1.29, 1.82) is 0 Å². The Morgan fingerprint density at radius 3 is 2.00 bits per heavy atom. The van der Waals surface area contributed by atoms with E-state index in [0.29, 0.717) is 12.3 Å². The number of sulfonamides is 1. The number of nitrogens with two attached hydrogens (primary N) is 1. The normalized spacial score (nSPS) is 13.4. The fourth-order valence-corrected chi connectivity index (χ4v) is 5.00. The van der Waals surface area contributed by atoms with Crippen molar-refractivity contribution >= 4 is 16.1 Å². The lowest BCUT2D eigenvalue weighted by atomic mass is 9.95. The van der Waals surface area contributed by atoms with Crippen LogP contribution in [0.5, 0.6) is 0 Å². The van der Waals surface area contributed by atoms with E-state index in [4.69, 9.17) is 9.88 Å². The monoisotopic (exact) mass is 536 g/mol. The van der Waals surface area contributed by atoms with Gasteiger partial charge in [0.1, 0.15) is 12.1 Å². The highest BCUT2D eigenvalue weighted by Gasteiger charge is 2.30. The number of rotatable bonds is 10. The number of primary sulfonamides is 1. The van der Waals surface area contributed by atoms with Crippen LogP contribution in [0.1, 0.15) is 28.8 Å². The van der Waals surface area contributed by atoms with E-state index in [0.717, 1.165) is 22.3 Å². The van der Waals surface area contributed by atoms with Crippen LogP contribution in [-0.4, -0.2) is 30.0 Å². The van der Waals surface area contributed by atoms with Gasteiger partial charge in [0, 0.05) is 5.56 Å². The number of aromatic nitrogens is 3. The van der Waals surface area contributed by atoms with Gasteiger partial charge in [-0.1, -0.05) is 120 Å². The molecule has 0 aliphatic carbocycles. The minimum Gasteiger partial charge on any atom is -0.367 e. The van der Waals surface area contributed by atoms with Crippen LogP contribution in [-0.2, 0) is 14.8 Å². The summed E-state index contributed by atoms with van der Waals surface area (Å²) < 4.78 is 32.0. The summed E-state index contributed by atoms with van der Waals surface area (Å²) in [6, 6.07) is 36.1. The maximum atomic E-state index is 11.8. The van der Waals surface area contributed by atoms with Crippen LogP contribution >= 0.6 is 0 Å². The molecule has 8 heteroatoms. The number of benzene rings is 4. The lowest BCUT2D eigenvalue weighted by molar-refractivity contribution is 0.0408. The van der Waals surface area contributed by atoms with E-state index in [9.17, 15) is 8.42 Å². The van der Waals surface area contributed by atoms with Gasteiger partial charge in [-0.25, -0.2) is 18.2 Å². The average Bonchev–Trinajstić information content (AvgIpc) is 3.45. The van der Waals surface area contributed by atoms with Gasteiger partial charge in [-0.15, -0.1) is 5.10 Å². The van der Waals surface area contributed by atoms with E-state index in [1.54, 1.807) is 18.3 Å². The fourth-order valence-electron chi connectivity index (χ4n) is 4.49. The minimum atomic E-state index is -3.80. The van der Waals surface area contributed by atoms with Crippen LogP contribution < -0.4 is 5.14 Å². The Hall–Kier alpha value is -4.37. The minimum absolute atomic E-state index is 0.0422. The molecule has 196 valence electrons. The molecule has 5 aromatic rings. The summed E-state index contributed by atoms with van der Waals surface area (Å²) in [7, 11) is -3.80. The maximum absolute atomic E-state index is 11.8. The van der Waals surface area contributed by atoms with E-state index in [1.807, 2.05) is 108 Å². The average molecular weight is 537 g/mol. The van der Waals surface area contributed by atoms with Crippen molar-refractivity contribution in [2.45, 2.75) is 17.0 Å². The second kappa shape index (κ2) is 12.0. The van der Waals surface area contributed by atoms with E-state index in [2.05, 4.69) is 10.3 Å². The summed E-state index contributed by atoms with van der Waals surface area (Å²) in [6.45, 7) is 0.380. The smallest absolute Gasteiger partial charge is 0.238 e. The molecule has 2 atom stereocenters. The van der Waals surface area contributed by atoms with Gasteiger partial charge in [0.05, 0.1) is 23.4 Å². The summed E-state index contributed by atoms with van der Waals surface area (Å²) in [5, 5.41) is 14.0. The van der Waals surface area contributed by atoms with E-state index >= 15 is 0 Å². The quantitative estimate of drug-likeness (QED) is 0.249. The largest absolute Gasteiger partial charge is 0.367 e. The van der Waals surface area contributed by atoms with E-state index in [1.165, 1.54) is 12.1 Å². The lowest BCUT2D eigenvalue weighted by Crippen LogP contribution is -2.24. The molecule has 0 radical (unpaired) electrons. The predicted octanol–water partition coefficient (Wildman–Crippen LogP) is 5.65. The molecule has 0 saturated carbocycles. The summed E-state index contributed by atoms with van der Waals surface area (Å²) in [5.41, 5.74) is 4.55. The van der Waals surface area contributed by atoms with Gasteiger partial charge in [0.25, 0.3) is 0 Å². The third-order valence-corrected chi connectivity index (χ3v) is 7.28. The number of hydrogen-bond donors (Lipinski definition) is 1. The van der Waals surface area contributed by atoms with E-state index in [-0.39, 0.29) is 10.9 Å². The lowest BCUT2D eigenvalue weighted by Gasteiger charge is -2.29. The highest BCUT2D eigenvalue weighted by Crippen LogP contribution is 2.37. The number of nitrogens with zero attached hydrogens (tertiary/aromatic N) is 3. The first-order valence-corrected chi connectivity index (χ1v) is 14.0. The van der Waals surface area contributed by atoms with Gasteiger partial charge in [-0.3, -0.25) is 0 Å². The van der Waals surface area contributed by atoms with Gasteiger partial charge < -0.3 is 4.74 Å². The topological polar surface area (TPSA) is 100 Å². The van der Waals surface area contributed by atoms with Crippen molar-refractivity contribution in [3.63, 3.8) is 0 Å². The van der Waals surface area contributed by atoms with Crippen molar-refractivity contribution in [2.75, 3.05) is 6.61 Å². The zero-order valence-corrected chi connectivity index (χ0v) is 21.9. The van der Waals surface area contributed by atoms with Crippen LogP contribution in [0, 0.1) is 0 Å². The first-order valence-electron chi connectivity index (χ1n) is 12.5. The third kappa shape index (κ3) is 6.38. The van der Waals surface area contributed by atoms with Crippen LogP contribution in [0.15, 0.2) is 132 Å². The molecule has 0 aliphatic heterocycles. The third-order valence-electron chi connectivity index (χ3n) is 6.35. The molecule has 0 fully saturated rings. The molecule has 5 rings (SSSR count). The zero-order valence-electron chi connectivity index (χ0n) is 21.1. The Kier molecular flexibility index (Phi) is 8.07. The van der Waals surface area contributed by atoms with Crippen LogP contribution in [0.4, 0.5) is 0 Å². The molecule has 39 heavy (non-hydrogen) atoms. The Balaban J connectivity index is 1.55. The first-order chi connectivity index (χ1) is 19.0. The molecule has 1 heterocycles. The first kappa shape index (κ1) is 26.2. The van der Waals surface area contributed by atoms with Crippen molar-refractivity contribution in [1.82, 2.24) is 15.0 Å². The van der Waals surface area contributed by atoms with Crippen molar-refractivity contribution in [3.8, 4) is 11.3 Å². The zero-order chi connectivity index (χ0) is 27.1. The molecule has 2 N–H and O–H groups in total. The Morgan fingerprint density at radius 2 is 1.38 bits per heavy atom. The second-order valence-corrected chi connectivity index (χ2v) is 10.5. The molecule has 7 nitrogen and oxygen atoms in total. The molecule has 0 unspecified atom stereocenters. The van der Waals surface area contributed by atoms with Crippen molar-refractivity contribution in [2.24, 2.45) is 5.14 Å².